The molecule has 1 aromatic rings. The van der Waals surface area contributed by atoms with E-state index < -0.39 is 0 Å². The van der Waals surface area contributed by atoms with Crippen LogP contribution in [-0.4, -0.2) is 54.1 Å². The van der Waals surface area contributed by atoms with E-state index in [1.165, 1.54) is 6.33 Å². The molecule has 0 saturated carbocycles. The highest BCUT2D eigenvalue weighted by Gasteiger charge is 2.21. The van der Waals surface area contributed by atoms with E-state index in [2.05, 4.69) is 20.2 Å². The fourth-order valence-corrected chi connectivity index (χ4v) is 2.38. The number of rotatable bonds is 2. The number of nitrogens with two attached hydrogens (primary N) is 1. The second kappa shape index (κ2) is 5.92. The van der Waals surface area contributed by atoms with Gasteiger partial charge in [-0.2, -0.15) is 0 Å². The predicted octanol–water partition coefficient (Wildman–Crippen LogP) is 0.763. The third kappa shape index (κ3) is 2.98. The molecule has 1 fully saturated rings. The largest absolute Gasteiger partial charge is 0.383 e. The van der Waals surface area contributed by atoms with Crippen LogP contribution in [0.4, 0.5) is 16.3 Å². The molecule has 0 spiro atoms. The van der Waals surface area contributed by atoms with Gasteiger partial charge in [0.15, 0.2) is 11.0 Å². The van der Waals surface area contributed by atoms with Gasteiger partial charge in [-0.05, 0) is 6.42 Å². The molecule has 2 rings (SSSR count). The molecule has 2 heterocycles. The smallest absolute Gasteiger partial charge is 0.314 e. The molecule has 0 aromatic carbocycles. The van der Waals surface area contributed by atoms with Gasteiger partial charge in [0.25, 0.3) is 0 Å². The van der Waals surface area contributed by atoms with Crippen LogP contribution in [0, 0.1) is 0 Å². The Hall–Kier alpha value is -1.76. The molecule has 1 aliphatic heterocycles. The van der Waals surface area contributed by atoms with Crippen LogP contribution >= 0.6 is 11.6 Å². The summed E-state index contributed by atoms with van der Waals surface area (Å²) in [6.07, 6.45) is 2.28. The van der Waals surface area contributed by atoms with Gasteiger partial charge in [-0.3, -0.25) is 0 Å². The molecule has 2 amide bonds. The Balaban J connectivity index is 2.18. The fraction of sp³-hybridized carbons (Fsp3) is 0.545. The number of hydrogen-bond donors (Lipinski definition) is 2. The number of carbonyl (C=O) groups is 1. The number of aromatic nitrogens is 2. The van der Waals surface area contributed by atoms with Crippen LogP contribution in [0.25, 0.3) is 0 Å². The molecule has 7 nitrogen and oxygen atoms in total. The zero-order valence-electron chi connectivity index (χ0n) is 10.8. The lowest BCUT2D eigenvalue weighted by Crippen LogP contribution is -2.38. The molecule has 0 radical (unpaired) electrons. The maximum Gasteiger partial charge on any atom is 0.314 e. The number of hydrogen-bond acceptors (Lipinski definition) is 5. The van der Waals surface area contributed by atoms with Crippen LogP contribution in [0.2, 0.25) is 5.15 Å². The molecule has 1 aromatic heterocycles. The Morgan fingerprint density at radius 2 is 2.16 bits per heavy atom. The van der Waals surface area contributed by atoms with Gasteiger partial charge in [0.2, 0.25) is 0 Å². The van der Waals surface area contributed by atoms with Crippen molar-refractivity contribution in [2.24, 2.45) is 5.73 Å². The number of halogens is 1. The summed E-state index contributed by atoms with van der Waals surface area (Å²) in [4.78, 5) is 23.2. The van der Waals surface area contributed by atoms with Crippen LogP contribution in [-0.2, 0) is 0 Å². The highest BCUT2D eigenvalue weighted by atomic mass is 35.5. The minimum Gasteiger partial charge on any atom is -0.383 e. The SMILES string of the molecule is CNc1c(Cl)ncnc1N1CCCN(C(N)=O)CC1. The van der Waals surface area contributed by atoms with Gasteiger partial charge in [-0.1, -0.05) is 11.6 Å². The average molecular weight is 285 g/mol. The normalized spacial score (nSPS) is 16.1. The summed E-state index contributed by atoms with van der Waals surface area (Å²) in [6, 6.07) is -0.378. The van der Waals surface area contributed by atoms with Crippen molar-refractivity contribution in [2.45, 2.75) is 6.42 Å². The van der Waals surface area contributed by atoms with Gasteiger partial charge in [0, 0.05) is 33.2 Å². The lowest BCUT2D eigenvalue weighted by atomic mass is 10.3. The van der Waals surface area contributed by atoms with Crippen molar-refractivity contribution in [1.29, 1.82) is 0 Å². The van der Waals surface area contributed by atoms with E-state index in [-0.39, 0.29) is 6.03 Å². The molecule has 19 heavy (non-hydrogen) atoms. The van der Waals surface area contributed by atoms with E-state index in [0.29, 0.717) is 30.5 Å². The maximum absolute atomic E-state index is 11.2. The van der Waals surface area contributed by atoms with Crippen molar-refractivity contribution < 1.29 is 4.79 Å². The lowest BCUT2D eigenvalue weighted by Gasteiger charge is -2.24. The summed E-state index contributed by atoms with van der Waals surface area (Å²) in [5.74, 6) is 0.758. The molecule has 0 atom stereocenters. The number of nitrogens with zero attached hydrogens (tertiary/aromatic N) is 4. The van der Waals surface area contributed by atoms with Crippen LogP contribution in [0.3, 0.4) is 0 Å². The maximum atomic E-state index is 11.2. The summed E-state index contributed by atoms with van der Waals surface area (Å²) in [5.41, 5.74) is 6.02. The van der Waals surface area contributed by atoms with E-state index in [4.69, 9.17) is 17.3 Å². The van der Waals surface area contributed by atoms with Crippen molar-refractivity contribution in [3.8, 4) is 0 Å². The van der Waals surface area contributed by atoms with Crippen LogP contribution < -0.4 is 16.0 Å². The minimum atomic E-state index is -0.378. The first-order valence-corrected chi connectivity index (χ1v) is 6.49. The van der Waals surface area contributed by atoms with Crippen LogP contribution in [0.1, 0.15) is 6.42 Å². The minimum absolute atomic E-state index is 0.378. The van der Waals surface area contributed by atoms with Gasteiger partial charge in [0.05, 0.1) is 0 Å². The first-order valence-electron chi connectivity index (χ1n) is 6.11. The Kier molecular flexibility index (Phi) is 4.26. The molecular weight excluding hydrogens is 268 g/mol. The van der Waals surface area contributed by atoms with Crippen LogP contribution in [0.15, 0.2) is 6.33 Å². The lowest BCUT2D eigenvalue weighted by molar-refractivity contribution is 0.211. The fourth-order valence-electron chi connectivity index (χ4n) is 2.16. The third-order valence-corrected chi connectivity index (χ3v) is 3.42. The number of amides is 2. The summed E-state index contributed by atoms with van der Waals surface area (Å²) in [5, 5.41) is 3.40. The quantitative estimate of drug-likeness (QED) is 0.783. The Labute approximate surface area is 116 Å². The number of urea groups is 1. The summed E-state index contributed by atoms with van der Waals surface area (Å²) in [7, 11) is 1.78. The topological polar surface area (TPSA) is 87.4 Å². The van der Waals surface area contributed by atoms with E-state index in [1.807, 2.05) is 0 Å². The third-order valence-electron chi connectivity index (χ3n) is 3.14. The Morgan fingerprint density at radius 3 is 2.84 bits per heavy atom. The van der Waals surface area contributed by atoms with E-state index in [0.717, 1.165) is 18.8 Å². The molecule has 8 heteroatoms. The van der Waals surface area contributed by atoms with Crippen molar-refractivity contribution in [2.75, 3.05) is 43.4 Å². The molecule has 3 N–H and O–H groups in total. The van der Waals surface area contributed by atoms with Crippen LogP contribution in [0.5, 0.6) is 0 Å². The number of carbonyl (C=O) groups excluding carboxylic acids is 1. The van der Waals surface area contributed by atoms with Gasteiger partial charge < -0.3 is 20.9 Å². The first kappa shape index (κ1) is 13.7. The van der Waals surface area contributed by atoms with Crippen molar-refractivity contribution in [1.82, 2.24) is 14.9 Å². The molecular formula is C11H17ClN6O. The molecule has 0 unspecified atom stereocenters. The zero-order chi connectivity index (χ0) is 13.8. The number of nitrogens with one attached hydrogen (secondary N) is 1. The van der Waals surface area contributed by atoms with Crippen molar-refractivity contribution >= 4 is 29.1 Å². The number of primary amides is 1. The molecule has 104 valence electrons. The average Bonchev–Trinajstić information content (AvgIpc) is 2.64. The monoisotopic (exact) mass is 284 g/mol. The molecule has 0 aliphatic carbocycles. The summed E-state index contributed by atoms with van der Waals surface area (Å²) < 4.78 is 0. The van der Waals surface area contributed by atoms with E-state index in [1.54, 1.807) is 11.9 Å². The van der Waals surface area contributed by atoms with Crippen molar-refractivity contribution in [3.05, 3.63) is 11.5 Å². The standard InChI is InChI=1S/C11H17ClN6O/c1-14-8-9(12)15-7-16-10(8)17-3-2-4-18(6-5-17)11(13)19/h7,14H,2-6H2,1H3,(H2,13,19). The molecule has 1 saturated heterocycles. The molecule has 0 bridgehead atoms. The van der Waals surface area contributed by atoms with Crippen molar-refractivity contribution in [3.63, 3.8) is 0 Å². The number of anilines is 2. The van der Waals surface area contributed by atoms with Gasteiger partial charge in [0.1, 0.15) is 12.0 Å². The summed E-state index contributed by atoms with van der Waals surface area (Å²) in [6.45, 7) is 2.72. The van der Waals surface area contributed by atoms with E-state index in [9.17, 15) is 4.79 Å². The molecule has 1 aliphatic rings. The highest BCUT2D eigenvalue weighted by molar-refractivity contribution is 6.32. The van der Waals surface area contributed by atoms with E-state index >= 15 is 0 Å². The van der Waals surface area contributed by atoms with Gasteiger partial charge >= 0.3 is 6.03 Å². The first-order chi connectivity index (χ1) is 9.13. The predicted molar refractivity (Wildman–Crippen MR) is 74.6 cm³/mol. The second-order valence-corrected chi connectivity index (χ2v) is 4.64. The summed E-state index contributed by atoms with van der Waals surface area (Å²) >= 11 is 6.04. The zero-order valence-corrected chi connectivity index (χ0v) is 11.5. The highest BCUT2D eigenvalue weighted by Crippen LogP contribution is 2.29. The Morgan fingerprint density at radius 1 is 1.37 bits per heavy atom. The second-order valence-electron chi connectivity index (χ2n) is 4.28. The van der Waals surface area contributed by atoms with Gasteiger partial charge in [-0.15, -0.1) is 0 Å². The Bertz CT molecular complexity index is 468. The van der Waals surface area contributed by atoms with Gasteiger partial charge in [-0.25, -0.2) is 14.8 Å².